The summed E-state index contributed by atoms with van der Waals surface area (Å²) in [6.07, 6.45) is 9.98. The zero-order valence-corrected chi connectivity index (χ0v) is 15.9. The van der Waals surface area contributed by atoms with Crippen molar-refractivity contribution in [1.82, 2.24) is 5.32 Å². The topological polar surface area (TPSA) is 49.4 Å². The van der Waals surface area contributed by atoms with E-state index in [4.69, 9.17) is 6.42 Å². The van der Waals surface area contributed by atoms with Crippen LogP contribution in [0.15, 0.2) is 48.5 Å². The molecule has 6 heteroatoms. The molecule has 0 radical (unpaired) electrons. The summed E-state index contributed by atoms with van der Waals surface area (Å²) in [6.45, 7) is 0. The summed E-state index contributed by atoms with van der Waals surface area (Å²) in [5.74, 6) is -0.992. The fraction of sp³-hybridized carbons (Fsp3) is 0.304. The summed E-state index contributed by atoms with van der Waals surface area (Å²) in [5, 5.41) is 2.90. The Labute approximate surface area is 168 Å². The Morgan fingerprint density at radius 2 is 1.62 bits per heavy atom. The Bertz CT molecular complexity index is 932. The van der Waals surface area contributed by atoms with Crippen molar-refractivity contribution in [3.05, 3.63) is 65.7 Å². The van der Waals surface area contributed by atoms with Crippen molar-refractivity contribution in [3.63, 3.8) is 0 Å². The molecule has 0 saturated heterocycles. The van der Waals surface area contributed by atoms with E-state index >= 15 is 0 Å². The van der Waals surface area contributed by atoms with Crippen molar-refractivity contribution in [2.75, 3.05) is 4.90 Å². The first-order valence-electron chi connectivity index (χ1n) is 9.62. The maximum atomic E-state index is 14.7. The molecule has 1 saturated carbocycles. The first kappa shape index (κ1) is 20.5. The minimum atomic E-state index is -1.43. The molecular formula is C23H22F2N2O2. The monoisotopic (exact) mass is 396 g/mol. The highest BCUT2D eigenvalue weighted by Crippen LogP contribution is 2.32. The number of anilines is 1. The Morgan fingerprint density at radius 3 is 2.24 bits per heavy atom. The molecule has 29 heavy (non-hydrogen) atoms. The van der Waals surface area contributed by atoms with Crippen LogP contribution in [0.1, 0.15) is 43.7 Å². The van der Waals surface area contributed by atoms with Crippen LogP contribution in [0.3, 0.4) is 0 Å². The van der Waals surface area contributed by atoms with Gasteiger partial charge in [-0.2, -0.15) is 0 Å². The van der Waals surface area contributed by atoms with E-state index in [1.165, 1.54) is 36.4 Å². The van der Waals surface area contributed by atoms with Gasteiger partial charge in [0.2, 0.25) is 5.91 Å². The van der Waals surface area contributed by atoms with Gasteiger partial charge in [-0.15, -0.1) is 6.42 Å². The maximum absolute atomic E-state index is 14.7. The first-order chi connectivity index (χ1) is 14.0. The van der Waals surface area contributed by atoms with Crippen molar-refractivity contribution in [1.29, 1.82) is 0 Å². The highest BCUT2D eigenvalue weighted by atomic mass is 19.1. The second-order valence-electron chi connectivity index (χ2n) is 7.04. The number of hydrogen-bond donors (Lipinski definition) is 1. The maximum Gasteiger partial charge on any atom is 0.303 e. The summed E-state index contributed by atoms with van der Waals surface area (Å²) in [5.41, 5.74) is -0.227. The number of rotatable bonds is 5. The van der Waals surface area contributed by atoms with Gasteiger partial charge in [0, 0.05) is 11.6 Å². The molecule has 1 aliphatic rings. The molecule has 0 heterocycles. The Kier molecular flexibility index (Phi) is 6.61. The van der Waals surface area contributed by atoms with Crippen LogP contribution in [-0.4, -0.2) is 17.9 Å². The zero-order valence-electron chi connectivity index (χ0n) is 15.9. The van der Waals surface area contributed by atoms with Gasteiger partial charge < -0.3 is 5.32 Å². The molecule has 1 aliphatic carbocycles. The van der Waals surface area contributed by atoms with Crippen LogP contribution in [-0.2, 0) is 9.59 Å². The SMILES string of the molecule is C#CC(=O)N(c1ccccc1F)C(C(=O)NC1CCCCC1)c1ccccc1F. The van der Waals surface area contributed by atoms with E-state index in [-0.39, 0.29) is 17.3 Å². The normalized spacial score (nSPS) is 15.2. The summed E-state index contributed by atoms with van der Waals surface area (Å²) < 4.78 is 29.2. The van der Waals surface area contributed by atoms with Crippen molar-refractivity contribution < 1.29 is 18.4 Å². The second kappa shape index (κ2) is 9.33. The molecule has 2 aromatic rings. The Morgan fingerprint density at radius 1 is 1.00 bits per heavy atom. The van der Waals surface area contributed by atoms with E-state index in [0.29, 0.717) is 0 Å². The number of halogens is 2. The minimum absolute atomic E-state index is 0.0485. The number of carbonyl (C=O) groups excluding carboxylic acids is 2. The van der Waals surface area contributed by atoms with Crippen LogP contribution in [0.2, 0.25) is 0 Å². The quantitative estimate of drug-likeness (QED) is 0.773. The number of terminal acetylenes is 1. The van der Waals surface area contributed by atoms with E-state index in [2.05, 4.69) is 5.32 Å². The number of hydrogen-bond acceptors (Lipinski definition) is 2. The van der Waals surface area contributed by atoms with E-state index < -0.39 is 29.5 Å². The van der Waals surface area contributed by atoms with E-state index in [1.54, 1.807) is 6.07 Å². The van der Waals surface area contributed by atoms with Crippen LogP contribution >= 0.6 is 0 Å². The van der Waals surface area contributed by atoms with Gasteiger partial charge in [0.15, 0.2) is 0 Å². The van der Waals surface area contributed by atoms with Crippen LogP contribution < -0.4 is 10.2 Å². The summed E-state index contributed by atoms with van der Waals surface area (Å²) >= 11 is 0. The molecule has 1 atom stereocenters. The number of carbonyl (C=O) groups is 2. The molecule has 150 valence electrons. The highest BCUT2D eigenvalue weighted by Gasteiger charge is 2.36. The third-order valence-electron chi connectivity index (χ3n) is 5.11. The number of nitrogens with one attached hydrogen (secondary N) is 1. The molecular weight excluding hydrogens is 374 g/mol. The third-order valence-corrected chi connectivity index (χ3v) is 5.11. The van der Waals surface area contributed by atoms with Crippen molar-refractivity contribution in [2.24, 2.45) is 0 Å². The van der Waals surface area contributed by atoms with E-state index in [0.717, 1.165) is 43.1 Å². The second-order valence-corrected chi connectivity index (χ2v) is 7.04. The van der Waals surface area contributed by atoms with Crippen LogP contribution in [0, 0.1) is 24.0 Å². The van der Waals surface area contributed by atoms with E-state index in [9.17, 15) is 18.4 Å². The lowest BCUT2D eigenvalue weighted by Gasteiger charge is -2.32. The minimum Gasteiger partial charge on any atom is -0.351 e. The molecule has 3 rings (SSSR count). The van der Waals surface area contributed by atoms with Gasteiger partial charge in [-0.3, -0.25) is 14.5 Å². The summed E-state index contributed by atoms with van der Waals surface area (Å²) in [6, 6.07) is 9.59. The van der Waals surface area contributed by atoms with Crippen LogP contribution in [0.25, 0.3) is 0 Å². The van der Waals surface area contributed by atoms with Gasteiger partial charge in [-0.05, 0) is 37.0 Å². The number of amides is 2. The lowest BCUT2D eigenvalue weighted by atomic mass is 9.94. The van der Waals surface area contributed by atoms with Gasteiger partial charge in [0.05, 0.1) is 5.69 Å². The van der Waals surface area contributed by atoms with Crippen molar-refractivity contribution >= 4 is 17.5 Å². The Balaban J connectivity index is 2.08. The molecule has 0 aliphatic heterocycles. The summed E-state index contributed by atoms with van der Waals surface area (Å²) in [4.78, 5) is 26.7. The predicted molar refractivity (Wildman–Crippen MR) is 107 cm³/mol. The standard InChI is InChI=1S/C23H22F2N2O2/c1-2-21(28)27(20-15-9-8-14-19(20)25)22(17-12-6-7-13-18(17)24)23(29)26-16-10-4-3-5-11-16/h1,6-9,12-16,22H,3-5,10-11H2,(H,26,29). The molecule has 2 amide bonds. The summed E-state index contributed by atoms with van der Waals surface area (Å²) in [7, 11) is 0. The molecule has 4 nitrogen and oxygen atoms in total. The lowest BCUT2D eigenvalue weighted by molar-refractivity contribution is -0.126. The lowest BCUT2D eigenvalue weighted by Crippen LogP contribution is -2.47. The molecule has 0 spiro atoms. The highest BCUT2D eigenvalue weighted by molar-refractivity contribution is 6.09. The van der Waals surface area contributed by atoms with Crippen molar-refractivity contribution in [2.45, 2.75) is 44.2 Å². The van der Waals surface area contributed by atoms with Gasteiger partial charge in [-0.1, -0.05) is 49.6 Å². The molecule has 2 aromatic carbocycles. The number of para-hydroxylation sites is 1. The fourth-order valence-electron chi connectivity index (χ4n) is 3.70. The van der Waals surface area contributed by atoms with Gasteiger partial charge in [-0.25, -0.2) is 8.78 Å². The van der Waals surface area contributed by atoms with Crippen molar-refractivity contribution in [3.8, 4) is 12.3 Å². The van der Waals surface area contributed by atoms with E-state index in [1.807, 2.05) is 5.92 Å². The largest absolute Gasteiger partial charge is 0.351 e. The zero-order chi connectivity index (χ0) is 20.8. The third kappa shape index (κ3) is 4.62. The first-order valence-corrected chi connectivity index (χ1v) is 9.62. The molecule has 0 bridgehead atoms. The molecule has 0 aromatic heterocycles. The molecule has 1 unspecified atom stereocenters. The average molecular weight is 396 g/mol. The number of benzene rings is 2. The Hall–Kier alpha value is -3.20. The van der Waals surface area contributed by atoms with Crippen LogP contribution in [0.4, 0.5) is 14.5 Å². The van der Waals surface area contributed by atoms with Gasteiger partial charge in [0.25, 0.3) is 0 Å². The fourth-order valence-corrected chi connectivity index (χ4v) is 3.70. The molecule has 1 fully saturated rings. The molecule has 1 N–H and O–H groups in total. The predicted octanol–water partition coefficient (Wildman–Crippen LogP) is 4.12. The van der Waals surface area contributed by atoms with Crippen LogP contribution in [0.5, 0.6) is 0 Å². The average Bonchev–Trinajstić information content (AvgIpc) is 2.73. The van der Waals surface area contributed by atoms with Gasteiger partial charge in [0.1, 0.15) is 17.7 Å². The van der Waals surface area contributed by atoms with Gasteiger partial charge >= 0.3 is 5.91 Å². The number of nitrogens with zero attached hydrogens (tertiary/aromatic N) is 1. The smallest absolute Gasteiger partial charge is 0.303 e.